The number of hydrogen-bond acceptors (Lipinski definition) is 4. The lowest BCUT2D eigenvalue weighted by Gasteiger charge is -2.05. The van der Waals surface area contributed by atoms with Gasteiger partial charge in [-0.3, -0.25) is 0 Å². The highest BCUT2D eigenvalue weighted by atomic mass is 32.1. The molecule has 0 spiro atoms. The fraction of sp³-hybridized carbons (Fsp3) is 0.312. The van der Waals surface area contributed by atoms with Gasteiger partial charge in [-0.1, -0.05) is 12.1 Å². The maximum absolute atomic E-state index is 11.9. The highest BCUT2D eigenvalue weighted by molar-refractivity contribution is 7.14. The summed E-state index contributed by atoms with van der Waals surface area (Å²) in [5.41, 5.74) is 2.14. The summed E-state index contributed by atoms with van der Waals surface area (Å²) >= 11 is 1.46. The maximum atomic E-state index is 11.9. The first-order valence-electron chi connectivity index (χ1n) is 6.47. The molecule has 2 rings (SSSR count). The van der Waals surface area contributed by atoms with Crippen LogP contribution in [0.15, 0.2) is 30.3 Å². The molecule has 0 atom stereocenters. The van der Waals surface area contributed by atoms with Crippen LogP contribution in [0.2, 0.25) is 0 Å². The van der Waals surface area contributed by atoms with Crippen molar-refractivity contribution in [2.75, 3.05) is 7.11 Å². The number of carbonyl (C=O) groups excluding carboxylic acids is 1. The first-order valence-corrected chi connectivity index (χ1v) is 7.28. The number of aryl methyl sites for hydroxylation is 1. The molecule has 0 N–H and O–H groups in total. The largest absolute Gasteiger partial charge is 0.497 e. The number of carbonyl (C=O) groups is 1. The molecule has 1 aromatic carbocycles. The molecule has 4 heteroatoms. The van der Waals surface area contributed by atoms with Gasteiger partial charge in [-0.05, 0) is 50.1 Å². The van der Waals surface area contributed by atoms with Crippen molar-refractivity contribution in [1.29, 1.82) is 0 Å². The molecule has 1 aromatic heterocycles. The number of rotatable bonds is 4. The van der Waals surface area contributed by atoms with Crippen molar-refractivity contribution in [3.8, 4) is 16.9 Å². The van der Waals surface area contributed by atoms with Gasteiger partial charge >= 0.3 is 5.97 Å². The van der Waals surface area contributed by atoms with Crippen molar-refractivity contribution in [2.45, 2.75) is 26.9 Å². The molecule has 0 aliphatic rings. The summed E-state index contributed by atoms with van der Waals surface area (Å²) < 4.78 is 10.4. The number of thiophene rings is 1. The average Bonchev–Trinajstić information content (AvgIpc) is 2.80. The molecule has 0 saturated heterocycles. The zero-order valence-corrected chi connectivity index (χ0v) is 12.9. The van der Waals surface area contributed by atoms with Gasteiger partial charge in [0.05, 0.1) is 13.2 Å². The van der Waals surface area contributed by atoms with Crippen molar-refractivity contribution in [3.63, 3.8) is 0 Å². The van der Waals surface area contributed by atoms with E-state index in [0.717, 1.165) is 21.8 Å². The minimum atomic E-state index is -0.257. The van der Waals surface area contributed by atoms with Gasteiger partial charge < -0.3 is 9.47 Å². The van der Waals surface area contributed by atoms with Crippen LogP contribution < -0.4 is 4.74 Å². The number of ether oxygens (including phenoxy) is 2. The van der Waals surface area contributed by atoms with E-state index < -0.39 is 0 Å². The first kappa shape index (κ1) is 14.6. The summed E-state index contributed by atoms with van der Waals surface area (Å²) in [6.07, 6.45) is -0.102. The van der Waals surface area contributed by atoms with Crippen molar-refractivity contribution < 1.29 is 14.3 Å². The van der Waals surface area contributed by atoms with Gasteiger partial charge in [-0.15, -0.1) is 11.3 Å². The third kappa shape index (κ3) is 3.20. The Labute approximate surface area is 123 Å². The minimum Gasteiger partial charge on any atom is -0.497 e. The fourth-order valence-electron chi connectivity index (χ4n) is 1.91. The van der Waals surface area contributed by atoms with Crippen LogP contribution in [-0.2, 0) is 4.74 Å². The van der Waals surface area contributed by atoms with E-state index in [0.29, 0.717) is 4.88 Å². The topological polar surface area (TPSA) is 35.5 Å². The molecular weight excluding hydrogens is 272 g/mol. The molecule has 0 fully saturated rings. The van der Waals surface area contributed by atoms with E-state index in [2.05, 4.69) is 0 Å². The summed E-state index contributed by atoms with van der Waals surface area (Å²) in [5.74, 6) is 0.564. The highest BCUT2D eigenvalue weighted by Crippen LogP contribution is 2.32. The lowest BCUT2D eigenvalue weighted by Crippen LogP contribution is -2.09. The third-order valence-corrected chi connectivity index (χ3v) is 3.89. The van der Waals surface area contributed by atoms with Crippen LogP contribution in [0.25, 0.3) is 11.1 Å². The van der Waals surface area contributed by atoms with E-state index in [1.54, 1.807) is 7.11 Å². The van der Waals surface area contributed by atoms with E-state index >= 15 is 0 Å². The van der Waals surface area contributed by atoms with Gasteiger partial charge in [0.1, 0.15) is 10.6 Å². The second kappa shape index (κ2) is 6.09. The zero-order valence-electron chi connectivity index (χ0n) is 12.1. The molecule has 20 heavy (non-hydrogen) atoms. The second-order valence-corrected chi connectivity index (χ2v) is 6.02. The third-order valence-electron chi connectivity index (χ3n) is 2.86. The Morgan fingerprint density at radius 1 is 1.20 bits per heavy atom. The number of esters is 1. The van der Waals surface area contributed by atoms with Crippen LogP contribution >= 0.6 is 11.3 Å². The molecule has 0 amide bonds. The van der Waals surface area contributed by atoms with Crippen LogP contribution in [0.5, 0.6) is 5.75 Å². The van der Waals surface area contributed by atoms with Crippen molar-refractivity contribution >= 4 is 17.3 Å². The van der Waals surface area contributed by atoms with Crippen molar-refractivity contribution in [1.82, 2.24) is 0 Å². The Hall–Kier alpha value is -1.81. The average molecular weight is 290 g/mol. The number of benzene rings is 1. The molecule has 2 aromatic rings. The molecule has 3 nitrogen and oxygen atoms in total. The molecule has 0 unspecified atom stereocenters. The maximum Gasteiger partial charge on any atom is 0.348 e. The molecule has 0 aliphatic carbocycles. The van der Waals surface area contributed by atoms with Crippen LogP contribution in [0.4, 0.5) is 0 Å². The number of methoxy groups -OCH3 is 1. The van der Waals surface area contributed by atoms with Crippen molar-refractivity contribution in [2.24, 2.45) is 0 Å². The van der Waals surface area contributed by atoms with E-state index in [9.17, 15) is 4.79 Å². The van der Waals surface area contributed by atoms with E-state index in [1.165, 1.54) is 11.3 Å². The van der Waals surface area contributed by atoms with Crippen LogP contribution in [-0.4, -0.2) is 19.2 Å². The summed E-state index contributed by atoms with van der Waals surface area (Å²) in [5, 5.41) is 0. The van der Waals surface area contributed by atoms with E-state index in [4.69, 9.17) is 9.47 Å². The number of hydrogen-bond donors (Lipinski definition) is 0. The minimum absolute atomic E-state index is 0.102. The van der Waals surface area contributed by atoms with E-state index in [1.807, 2.05) is 51.1 Å². The highest BCUT2D eigenvalue weighted by Gasteiger charge is 2.15. The normalized spacial score (nSPS) is 10.7. The molecule has 0 radical (unpaired) electrons. The standard InChI is InChI=1S/C16H18O3S/c1-10(2)19-16(17)15-9-14(11(3)20-15)12-5-7-13(18-4)8-6-12/h5-10H,1-4H3. The smallest absolute Gasteiger partial charge is 0.348 e. The molecule has 106 valence electrons. The Balaban J connectivity index is 2.28. The zero-order chi connectivity index (χ0) is 14.7. The molecule has 1 heterocycles. The summed E-state index contributed by atoms with van der Waals surface area (Å²) in [4.78, 5) is 13.7. The monoisotopic (exact) mass is 290 g/mol. The van der Waals surface area contributed by atoms with Gasteiger partial charge in [0.2, 0.25) is 0 Å². The molecule has 0 aliphatic heterocycles. The first-order chi connectivity index (χ1) is 9.51. The molecular formula is C16H18O3S. The van der Waals surface area contributed by atoms with Gasteiger partial charge in [-0.2, -0.15) is 0 Å². The summed E-state index contributed by atoms with van der Waals surface area (Å²) in [6, 6.07) is 9.71. The summed E-state index contributed by atoms with van der Waals surface area (Å²) in [6.45, 7) is 5.71. The molecule has 0 saturated carbocycles. The van der Waals surface area contributed by atoms with Crippen molar-refractivity contribution in [3.05, 3.63) is 40.1 Å². The van der Waals surface area contributed by atoms with Gasteiger partial charge in [0.25, 0.3) is 0 Å². The fourth-order valence-corrected chi connectivity index (χ4v) is 2.84. The lowest BCUT2D eigenvalue weighted by molar-refractivity contribution is 0.0384. The Morgan fingerprint density at radius 2 is 1.85 bits per heavy atom. The Bertz CT molecular complexity index is 597. The van der Waals surface area contributed by atoms with Gasteiger partial charge in [0.15, 0.2) is 0 Å². The lowest BCUT2D eigenvalue weighted by atomic mass is 10.1. The predicted octanol–water partition coefficient (Wildman–Crippen LogP) is 4.30. The van der Waals surface area contributed by atoms with Crippen LogP contribution in [0.3, 0.4) is 0 Å². The van der Waals surface area contributed by atoms with E-state index in [-0.39, 0.29) is 12.1 Å². The summed E-state index contributed by atoms with van der Waals surface area (Å²) in [7, 11) is 1.64. The van der Waals surface area contributed by atoms with Crippen LogP contribution in [0, 0.1) is 6.92 Å². The Kier molecular flexibility index (Phi) is 4.45. The molecule has 0 bridgehead atoms. The Morgan fingerprint density at radius 3 is 2.40 bits per heavy atom. The predicted molar refractivity (Wildman–Crippen MR) is 81.6 cm³/mol. The van der Waals surface area contributed by atoms with Crippen LogP contribution in [0.1, 0.15) is 28.4 Å². The SMILES string of the molecule is COc1ccc(-c2cc(C(=O)OC(C)C)sc2C)cc1. The second-order valence-electron chi connectivity index (χ2n) is 4.76. The quantitative estimate of drug-likeness (QED) is 0.788. The van der Waals surface area contributed by atoms with Gasteiger partial charge in [-0.25, -0.2) is 4.79 Å². The van der Waals surface area contributed by atoms with Gasteiger partial charge in [0, 0.05) is 4.88 Å².